The topological polar surface area (TPSA) is 27.7 Å². The Morgan fingerprint density at radius 2 is 1.80 bits per heavy atom. The predicted molar refractivity (Wildman–Crippen MR) is 107 cm³/mol. The lowest BCUT2D eigenvalue weighted by molar-refractivity contribution is 0.155. The van der Waals surface area contributed by atoms with Crippen molar-refractivity contribution in [2.75, 3.05) is 44.6 Å². The molecule has 25 heavy (non-hydrogen) atoms. The minimum absolute atomic E-state index is 0.718. The van der Waals surface area contributed by atoms with Gasteiger partial charge < -0.3 is 15.0 Å². The molecule has 1 fully saturated rings. The largest absolute Gasteiger partial charge is 0.492 e. The van der Waals surface area contributed by atoms with Crippen molar-refractivity contribution in [3.05, 3.63) is 60.2 Å². The molecule has 0 atom stereocenters. The van der Waals surface area contributed by atoms with E-state index in [1.807, 2.05) is 36.4 Å². The van der Waals surface area contributed by atoms with Gasteiger partial charge in [-0.1, -0.05) is 30.3 Å². The van der Waals surface area contributed by atoms with E-state index in [1.165, 1.54) is 5.56 Å². The minimum Gasteiger partial charge on any atom is -0.492 e. The molecule has 132 valence electrons. The first-order valence-electron chi connectivity index (χ1n) is 8.73. The number of benzene rings is 2. The number of thiocarbonyl (C=S) groups is 1. The average Bonchev–Trinajstić information content (AvgIpc) is 2.63. The van der Waals surface area contributed by atoms with Crippen LogP contribution in [-0.4, -0.2) is 54.2 Å². The van der Waals surface area contributed by atoms with E-state index in [4.69, 9.17) is 17.0 Å². The van der Waals surface area contributed by atoms with E-state index in [2.05, 4.69) is 40.2 Å². The van der Waals surface area contributed by atoms with Crippen molar-refractivity contribution >= 4 is 23.0 Å². The number of nitrogens with one attached hydrogen (secondary N) is 1. The molecule has 0 unspecified atom stereocenters. The van der Waals surface area contributed by atoms with E-state index in [0.29, 0.717) is 0 Å². The van der Waals surface area contributed by atoms with Crippen LogP contribution >= 0.6 is 12.2 Å². The van der Waals surface area contributed by atoms with Gasteiger partial charge >= 0.3 is 0 Å². The van der Waals surface area contributed by atoms with E-state index in [9.17, 15) is 0 Å². The van der Waals surface area contributed by atoms with Crippen LogP contribution in [0.5, 0.6) is 5.75 Å². The smallest absolute Gasteiger partial charge is 0.173 e. The summed E-state index contributed by atoms with van der Waals surface area (Å²) in [5, 5.41) is 4.16. The Labute approximate surface area is 155 Å². The monoisotopic (exact) mass is 355 g/mol. The normalized spacial score (nSPS) is 15.0. The fourth-order valence-electron chi connectivity index (χ4n) is 2.91. The van der Waals surface area contributed by atoms with Crippen LogP contribution in [0.4, 0.5) is 5.69 Å². The lowest BCUT2D eigenvalue weighted by Crippen LogP contribution is -2.50. The van der Waals surface area contributed by atoms with Crippen molar-refractivity contribution in [3.63, 3.8) is 0 Å². The van der Waals surface area contributed by atoms with Crippen molar-refractivity contribution in [2.24, 2.45) is 0 Å². The van der Waals surface area contributed by atoms with Crippen LogP contribution in [0.1, 0.15) is 5.56 Å². The maximum Gasteiger partial charge on any atom is 0.173 e. The maximum atomic E-state index is 5.78. The van der Waals surface area contributed by atoms with Gasteiger partial charge in [0.2, 0.25) is 0 Å². The maximum absolute atomic E-state index is 5.78. The molecule has 0 bridgehead atoms. The second-order valence-electron chi connectivity index (χ2n) is 6.29. The molecule has 3 rings (SSSR count). The number of piperazine rings is 1. The molecule has 4 nitrogen and oxygen atoms in total. The minimum atomic E-state index is 0.718. The molecular weight excluding hydrogens is 330 g/mol. The Morgan fingerprint density at radius 3 is 2.52 bits per heavy atom. The fourth-order valence-corrected chi connectivity index (χ4v) is 3.21. The number of hydrogen-bond acceptors (Lipinski definition) is 3. The molecule has 1 aliphatic rings. The van der Waals surface area contributed by atoms with Gasteiger partial charge in [-0.3, -0.25) is 4.90 Å². The van der Waals surface area contributed by atoms with Gasteiger partial charge in [-0.25, -0.2) is 0 Å². The van der Waals surface area contributed by atoms with E-state index >= 15 is 0 Å². The molecule has 0 spiro atoms. The van der Waals surface area contributed by atoms with E-state index < -0.39 is 0 Å². The fraction of sp³-hybridized carbons (Fsp3) is 0.350. The van der Waals surface area contributed by atoms with Crippen LogP contribution in [0.2, 0.25) is 0 Å². The zero-order valence-corrected chi connectivity index (χ0v) is 15.5. The van der Waals surface area contributed by atoms with Crippen molar-refractivity contribution in [2.45, 2.75) is 6.92 Å². The second-order valence-corrected chi connectivity index (χ2v) is 6.68. The zero-order valence-electron chi connectivity index (χ0n) is 14.6. The molecular formula is C20H25N3OS. The van der Waals surface area contributed by atoms with Crippen LogP contribution in [0.25, 0.3) is 0 Å². The van der Waals surface area contributed by atoms with Gasteiger partial charge in [-0.05, 0) is 49.0 Å². The molecule has 0 amide bonds. The molecule has 1 heterocycles. The molecule has 5 heteroatoms. The van der Waals surface area contributed by atoms with E-state index in [1.54, 1.807) is 0 Å². The number of rotatable bonds is 5. The molecule has 1 N–H and O–H groups in total. The van der Waals surface area contributed by atoms with Gasteiger partial charge in [0.05, 0.1) is 0 Å². The predicted octanol–water partition coefficient (Wildman–Crippen LogP) is 3.39. The third kappa shape index (κ3) is 5.44. The summed E-state index contributed by atoms with van der Waals surface area (Å²) in [5.41, 5.74) is 2.29. The Balaban J connectivity index is 1.38. The zero-order chi connectivity index (χ0) is 17.5. The highest BCUT2D eigenvalue weighted by Gasteiger charge is 2.18. The van der Waals surface area contributed by atoms with Gasteiger partial charge in [-0.15, -0.1) is 0 Å². The summed E-state index contributed by atoms with van der Waals surface area (Å²) in [5.74, 6) is 0.935. The average molecular weight is 356 g/mol. The van der Waals surface area contributed by atoms with Crippen molar-refractivity contribution in [1.29, 1.82) is 0 Å². The first-order chi connectivity index (χ1) is 12.2. The Hall–Kier alpha value is -2.11. The summed E-state index contributed by atoms with van der Waals surface area (Å²) in [6, 6.07) is 18.3. The first kappa shape index (κ1) is 17.7. The summed E-state index contributed by atoms with van der Waals surface area (Å²) in [6.45, 7) is 7.66. The Morgan fingerprint density at radius 1 is 1.04 bits per heavy atom. The third-order valence-electron chi connectivity index (χ3n) is 4.35. The van der Waals surface area contributed by atoms with E-state index in [-0.39, 0.29) is 0 Å². The van der Waals surface area contributed by atoms with Crippen molar-refractivity contribution in [1.82, 2.24) is 9.80 Å². The lowest BCUT2D eigenvalue weighted by Gasteiger charge is -2.36. The molecule has 1 aliphatic heterocycles. The highest BCUT2D eigenvalue weighted by molar-refractivity contribution is 7.80. The molecule has 2 aromatic carbocycles. The summed E-state index contributed by atoms with van der Waals surface area (Å²) in [7, 11) is 0. The van der Waals surface area contributed by atoms with Gasteiger partial charge in [0, 0.05) is 38.4 Å². The van der Waals surface area contributed by atoms with Gasteiger partial charge in [0.1, 0.15) is 12.4 Å². The standard InChI is InChI=1S/C20H25N3OS/c1-17-6-5-7-18(16-17)21-20(25)23-12-10-22(11-13-23)14-15-24-19-8-3-2-4-9-19/h2-9,16H,10-15H2,1H3,(H,21,25). The number of anilines is 1. The molecule has 1 saturated heterocycles. The molecule has 0 aliphatic carbocycles. The van der Waals surface area contributed by atoms with Gasteiger partial charge in [0.15, 0.2) is 5.11 Å². The number of ether oxygens (including phenoxy) is 1. The number of aryl methyl sites for hydroxylation is 1. The number of hydrogen-bond donors (Lipinski definition) is 1. The summed E-state index contributed by atoms with van der Waals surface area (Å²) < 4.78 is 5.78. The van der Waals surface area contributed by atoms with Crippen LogP contribution in [0.15, 0.2) is 54.6 Å². The van der Waals surface area contributed by atoms with Crippen molar-refractivity contribution < 1.29 is 4.74 Å². The Bertz CT molecular complexity index is 684. The number of nitrogens with zero attached hydrogens (tertiary/aromatic N) is 2. The highest BCUT2D eigenvalue weighted by Crippen LogP contribution is 2.12. The Kier molecular flexibility index (Phi) is 6.25. The first-order valence-corrected chi connectivity index (χ1v) is 9.14. The summed E-state index contributed by atoms with van der Waals surface area (Å²) >= 11 is 5.56. The third-order valence-corrected chi connectivity index (χ3v) is 4.71. The molecule has 0 radical (unpaired) electrons. The lowest BCUT2D eigenvalue weighted by atomic mass is 10.2. The number of para-hydroxylation sites is 1. The molecule has 2 aromatic rings. The van der Waals surface area contributed by atoms with Crippen LogP contribution in [0.3, 0.4) is 0 Å². The molecule has 0 saturated carbocycles. The van der Waals surface area contributed by atoms with Gasteiger partial charge in [0.25, 0.3) is 0 Å². The highest BCUT2D eigenvalue weighted by atomic mass is 32.1. The summed E-state index contributed by atoms with van der Waals surface area (Å²) in [6.07, 6.45) is 0. The van der Waals surface area contributed by atoms with Crippen LogP contribution < -0.4 is 10.1 Å². The molecule has 0 aromatic heterocycles. The second kappa shape index (κ2) is 8.83. The van der Waals surface area contributed by atoms with Gasteiger partial charge in [-0.2, -0.15) is 0 Å². The van der Waals surface area contributed by atoms with Crippen LogP contribution in [-0.2, 0) is 0 Å². The van der Waals surface area contributed by atoms with E-state index in [0.717, 1.165) is 55.9 Å². The SMILES string of the molecule is Cc1cccc(NC(=S)N2CCN(CCOc3ccccc3)CC2)c1. The van der Waals surface area contributed by atoms with Crippen molar-refractivity contribution in [3.8, 4) is 5.75 Å². The van der Waals surface area contributed by atoms with Crippen LogP contribution in [0, 0.1) is 6.92 Å². The quantitative estimate of drug-likeness (QED) is 0.830. The summed E-state index contributed by atoms with van der Waals surface area (Å²) in [4.78, 5) is 4.67.